The van der Waals surface area contributed by atoms with Gasteiger partial charge in [0, 0.05) is 11.6 Å². The number of hydrogen-bond acceptors (Lipinski definition) is 6. The normalized spacial score (nSPS) is 14.3. The van der Waals surface area contributed by atoms with Gasteiger partial charge >= 0.3 is 0 Å². The molecule has 0 aliphatic carbocycles. The van der Waals surface area contributed by atoms with Crippen LogP contribution >= 0.6 is 0 Å². The molecule has 1 unspecified atom stereocenters. The second kappa shape index (κ2) is 8.93. The van der Waals surface area contributed by atoms with Crippen LogP contribution in [0.4, 0.5) is 0 Å². The predicted octanol–water partition coefficient (Wildman–Crippen LogP) is 2.64. The summed E-state index contributed by atoms with van der Waals surface area (Å²) < 4.78 is 44.0. The van der Waals surface area contributed by atoms with Crippen molar-refractivity contribution in [3.8, 4) is 17.2 Å². The van der Waals surface area contributed by atoms with E-state index in [0.29, 0.717) is 24.7 Å². The number of hydrogen-bond donors (Lipinski definition) is 2. The van der Waals surface area contributed by atoms with Crippen LogP contribution in [0.1, 0.15) is 42.7 Å². The number of carbonyl (C=O) groups is 1. The van der Waals surface area contributed by atoms with E-state index in [2.05, 4.69) is 10.0 Å². The van der Waals surface area contributed by atoms with Crippen molar-refractivity contribution in [1.29, 1.82) is 0 Å². The summed E-state index contributed by atoms with van der Waals surface area (Å²) in [6.45, 7) is 6.26. The van der Waals surface area contributed by atoms with E-state index in [9.17, 15) is 13.2 Å². The van der Waals surface area contributed by atoms with E-state index in [1.165, 1.54) is 25.3 Å². The standard InChI is InChI=1S/C21H26N2O6S/c1-13(2)23-30(25,26)20-12-16(6-8-18(20)27-4)21(24)22-14(3)15-5-7-17-19(11-15)29-10-9-28-17/h5-8,11-14,23H,9-10H2,1-4H3,(H,22,24). The van der Waals surface area contributed by atoms with Crippen molar-refractivity contribution >= 4 is 15.9 Å². The summed E-state index contributed by atoms with van der Waals surface area (Å²) in [7, 11) is -2.45. The fourth-order valence-corrected chi connectivity index (χ4v) is 4.54. The Morgan fingerprint density at radius 3 is 2.40 bits per heavy atom. The highest BCUT2D eigenvalue weighted by molar-refractivity contribution is 7.89. The highest BCUT2D eigenvalue weighted by Gasteiger charge is 2.23. The number of methoxy groups -OCH3 is 1. The van der Waals surface area contributed by atoms with Crippen molar-refractivity contribution in [2.24, 2.45) is 0 Å². The van der Waals surface area contributed by atoms with Crippen LogP contribution in [0.5, 0.6) is 17.2 Å². The number of nitrogens with one attached hydrogen (secondary N) is 2. The third-order valence-electron chi connectivity index (χ3n) is 4.52. The van der Waals surface area contributed by atoms with E-state index in [0.717, 1.165) is 5.56 Å². The van der Waals surface area contributed by atoms with Gasteiger partial charge in [0.25, 0.3) is 5.91 Å². The summed E-state index contributed by atoms with van der Waals surface area (Å²) in [5.74, 6) is 1.07. The quantitative estimate of drug-likeness (QED) is 0.695. The number of benzene rings is 2. The number of sulfonamides is 1. The second-order valence-corrected chi connectivity index (χ2v) is 8.92. The van der Waals surface area contributed by atoms with Crippen molar-refractivity contribution < 1.29 is 27.4 Å². The van der Waals surface area contributed by atoms with Gasteiger partial charge in [-0.1, -0.05) is 6.07 Å². The van der Waals surface area contributed by atoms with Gasteiger partial charge in [0.1, 0.15) is 23.9 Å². The van der Waals surface area contributed by atoms with Gasteiger partial charge in [0.15, 0.2) is 11.5 Å². The lowest BCUT2D eigenvalue weighted by atomic mass is 10.1. The lowest BCUT2D eigenvalue weighted by molar-refractivity contribution is 0.0939. The smallest absolute Gasteiger partial charge is 0.251 e. The fraction of sp³-hybridized carbons (Fsp3) is 0.381. The van der Waals surface area contributed by atoms with Crippen molar-refractivity contribution in [3.63, 3.8) is 0 Å². The molecule has 0 aromatic heterocycles. The summed E-state index contributed by atoms with van der Waals surface area (Å²) in [5.41, 5.74) is 1.06. The Labute approximate surface area is 176 Å². The zero-order valence-electron chi connectivity index (χ0n) is 17.4. The average Bonchev–Trinajstić information content (AvgIpc) is 2.71. The van der Waals surface area contributed by atoms with Gasteiger partial charge in [-0.3, -0.25) is 4.79 Å². The molecule has 1 aliphatic rings. The molecule has 9 heteroatoms. The van der Waals surface area contributed by atoms with E-state index in [-0.39, 0.29) is 28.3 Å². The summed E-state index contributed by atoms with van der Waals surface area (Å²) in [6, 6.07) is 9.18. The van der Waals surface area contributed by atoms with Crippen molar-refractivity contribution in [2.45, 2.75) is 37.8 Å². The van der Waals surface area contributed by atoms with Gasteiger partial charge in [-0.2, -0.15) is 0 Å². The van der Waals surface area contributed by atoms with Crippen LogP contribution in [0, 0.1) is 0 Å². The first-order valence-electron chi connectivity index (χ1n) is 9.62. The van der Waals surface area contributed by atoms with Gasteiger partial charge in [-0.05, 0) is 56.7 Å². The molecule has 3 rings (SSSR count). The molecule has 2 aromatic carbocycles. The number of amides is 1. The maximum Gasteiger partial charge on any atom is 0.251 e. The third-order valence-corrected chi connectivity index (χ3v) is 6.20. The Kier molecular flexibility index (Phi) is 6.52. The van der Waals surface area contributed by atoms with Gasteiger partial charge < -0.3 is 19.5 Å². The molecular weight excluding hydrogens is 408 g/mol. The molecule has 0 fully saturated rings. The number of rotatable bonds is 7. The van der Waals surface area contributed by atoms with Gasteiger partial charge in [-0.15, -0.1) is 0 Å². The van der Waals surface area contributed by atoms with E-state index in [1.807, 2.05) is 25.1 Å². The minimum atomic E-state index is -3.83. The molecule has 1 atom stereocenters. The largest absolute Gasteiger partial charge is 0.495 e. The summed E-state index contributed by atoms with van der Waals surface area (Å²) in [6.07, 6.45) is 0. The van der Waals surface area contributed by atoms with Crippen molar-refractivity contribution in [1.82, 2.24) is 10.0 Å². The van der Waals surface area contributed by atoms with E-state index in [4.69, 9.17) is 14.2 Å². The van der Waals surface area contributed by atoms with Crippen LogP contribution in [-0.2, 0) is 10.0 Å². The van der Waals surface area contributed by atoms with Gasteiger partial charge in [0.2, 0.25) is 10.0 Å². The van der Waals surface area contributed by atoms with Crippen molar-refractivity contribution in [3.05, 3.63) is 47.5 Å². The Bertz CT molecular complexity index is 1040. The minimum Gasteiger partial charge on any atom is -0.495 e. The zero-order chi connectivity index (χ0) is 21.9. The average molecular weight is 435 g/mol. The van der Waals surface area contributed by atoms with Crippen LogP contribution < -0.4 is 24.2 Å². The van der Waals surface area contributed by atoms with Crippen LogP contribution in [0.3, 0.4) is 0 Å². The molecule has 1 aliphatic heterocycles. The first kappa shape index (κ1) is 21.9. The molecule has 0 radical (unpaired) electrons. The number of fused-ring (bicyclic) bond motifs is 1. The van der Waals surface area contributed by atoms with E-state index >= 15 is 0 Å². The maximum absolute atomic E-state index is 12.8. The Balaban J connectivity index is 1.82. The number of ether oxygens (including phenoxy) is 3. The zero-order valence-corrected chi connectivity index (χ0v) is 18.2. The molecule has 0 saturated carbocycles. The Morgan fingerprint density at radius 1 is 1.03 bits per heavy atom. The Morgan fingerprint density at radius 2 is 1.73 bits per heavy atom. The first-order chi connectivity index (χ1) is 14.2. The second-order valence-electron chi connectivity index (χ2n) is 7.24. The van der Waals surface area contributed by atoms with E-state index < -0.39 is 15.9 Å². The first-order valence-corrected chi connectivity index (χ1v) is 11.1. The molecule has 1 amide bonds. The molecule has 2 aromatic rings. The predicted molar refractivity (Wildman–Crippen MR) is 112 cm³/mol. The van der Waals surface area contributed by atoms with Crippen LogP contribution in [0.15, 0.2) is 41.3 Å². The molecule has 162 valence electrons. The molecule has 0 saturated heterocycles. The highest BCUT2D eigenvalue weighted by Crippen LogP contribution is 2.32. The van der Waals surface area contributed by atoms with Crippen LogP contribution in [0.25, 0.3) is 0 Å². The lowest BCUT2D eigenvalue weighted by Gasteiger charge is -2.21. The summed E-state index contributed by atoms with van der Waals surface area (Å²) in [4.78, 5) is 12.7. The Hall–Kier alpha value is -2.78. The third kappa shape index (κ3) is 4.85. The van der Waals surface area contributed by atoms with Gasteiger partial charge in [-0.25, -0.2) is 13.1 Å². The fourth-order valence-electron chi connectivity index (χ4n) is 3.09. The summed E-state index contributed by atoms with van der Waals surface area (Å²) in [5, 5.41) is 2.88. The van der Waals surface area contributed by atoms with Crippen molar-refractivity contribution in [2.75, 3.05) is 20.3 Å². The molecule has 2 N–H and O–H groups in total. The van der Waals surface area contributed by atoms with Gasteiger partial charge in [0.05, 0.1) is 13.2 Å². The number of carbonyl (C=O) groups excluding carboxylic acids is 1. The molecule has 0 bridgehead atoms. The lowest BCUT2D eigenvalue weighted by Crippen LogP contribution is -2.31. The topological polar surface area (TPSA) is 103 Å². The SMILES string of the molecule is COc1ccc(C(=O)NC(C)c2ccc3c(c2)OCCO3)cc1S(=O)(=O)NC(C)C. The maximum atomic E-state index is 12.8. The molecule has 8 nitrogen and oxygen atoms in total. The van der Waals surface area contributed by atoms with Crippen LogP contribution in [0.2, 0.25) is 0 Å². The summed E-state index contributed by atoms with van der Waals surface area (Å²) >= 11 is 0. The minimum absolute atomic E-state index is 0.0849. The van der Waals surface area contributed by atoms with Crippen LogP contribution in [-0.4, -0.2) is 40.7 Å². The molecule has 30 heavy (non-hydrogen) atoms. The molecule has 0 spiro atoms. The molecular formula is C21H26N2O6S. The monoisotopic (exact) mass is 434 g/mol. The van der Waals surface area contributed by atoms with E-state index in [1.54, 1.807) is 13.8 Å². The highest BCUT2D eigenvalue weighted by atomic mass is 32.2. The molecule has 1 heterocycles.